The normalized spacial score (nSPS) is 20.7. The summed E-state index contributed by atoms with van der Waals surface area (Å²) in [5.74, 6) is 0. The highest BCUT2D eigenvalue weighted by Crippen LogP contribution is 2.13. The zero-order chi connectivity index (χ0) is 14.3. The van der Waals surface area contributed by atoms with E-state index in [1.807, 2.05) is 27.8 Å². The predicted octanol–water partition coefficient (Wildman–Crippen LogP) is 3.17. The summed E-state index contributed by atoms with van der Waals surface area (Å²) in [7, 11) is 1.81. The Morgan fingerprint density at radius 3 is 2.74 bits per heavy atom. The molecule has 1 rings (SSSR count). The molecule has 4 nitrogen and oxygen atoms in total. The quantitative estimate of drug-likeness (QED) is 0.853. The van der Waals surface area contributed by atoms with Gasteiger partial charge in [0.15, 0.2) is 0 Å². The Morgan fingerprint density at radius 1 is 1.32 bits per heavy atom. The van der Waals surface area contributed by atoms with Crippen LogP contribution in [0, 0.1) is 0 Å². The summed E-state index contributed by atoms with van der Waals surface area (Å²) in [5, 5.41) is 3.59. The third kappa shape index (κ3) is 7.41. The van der Waals surface area contributed by atoms with Crippen LogP contribution in [-0.4, -0.2) is 42.8 Å². The summed E-state index contributed by atoms with van der Waals surface area (Å²) in [6.45, 7) is 7.61. The van der Waals surface area contributed by atoms with Crippen LogP contribution in [0.4, 0.5) is 4.79 Å². The largest absolute Gasteiger partial charge is 0.444 e. The molecule has 0 aromatic rings. The molecule has 0 spiro atoms. The second-order valence-corrected chi connectivity index (χ2v) is 6.54. The van der Waals surface area contributed by atoms with Crippen LogP contribution < -0.4 is 5.32 Å². The summed E-state index contributed by atoms with van der Waals surface area (Å²) in [5.41, 5.74) is -0.409. The van der Waals surface area contributed by atoms with Crippen LogP contribution in [0.1, 0.15) is 59.3 Å². The minimum absolute atomic E-state index is 0.221. The van der Waals surface area contributed by atoms with Crippen molar-refractivity contribution in [3.8, 4) is 0 Å². The van der Waals surface area contributed by atoms with Gasteiger partial charge in [0.05, 0.1) is 0 Å². The molecule has 19 heavy (non-hydrogen) atoms. The van der Waals surface area contributed by atoms with Crippen molar-refractivity contribution in [3.05, 3.63) is 0 Å². The third-order valence-corrected chi connectivity index (χ3v) is 3.41. The summed E-state index contributed by atoms with van der Waals surface area (Å²) in [6.07, 6.45) is 7.22. The van der Waals surface area contributed by atoms with E-state index in [2.05, 4.69) is 5.32 Å². The van der Waals surface area contributed by atoms with Gasteiger partial charge in [-0.2, -0.15) is 0 Å². The molecule has 0 aliphatic carbocycles. The number of rotatable bonds is 4. The van der Waals surface area contributed by atoms with Crippen molar-refractivity contribution in [2.75, 3.05) is 20.1 Å². The van der Waals surface area contributed by atoms with Gasteiger partial charge in [-0.25, -0.2) is 4.79 Å². The van der Waals surface area contributed by atoms with Gasteiger partial charge in [-0.1, -0.05) is 12.8 Å². The lowest BCUT2D eigenvalue weighted by molar-refractivity contribution is 0.0295. The molecule has 0 radical (unpaired) electrons. The molecular formula is C15H30N2O2. The van der Waals surface area contributed by atoms with E-state index in [0.29, 0.717) is 6.04 Å². The highest BCUT2D eigenvalue weighted by atomic mass is 16.6. The molecule has 0 aromatic carbocycles. The molecule has 1 fully saturated rings. The maximum atomic E-state index is 11.8. The van der Waals surface area contributed by atoms with E-state index >= 15 is 0 Å². The Kier molecular flexibility index (Phi) is 6.63. The highest BCUT2D eigenvalue weighted by Gasteiger charge is 2.19. The molecule has 0 aromatic heterocycles. The van der Waals surface area contributed by atoms with Gasteiger partial charge in [0.1, 0.15) is 5.60 Å². The molecule has 1 amide bonds. The Balaban J connectivity index is 2.18. The zero-order valence-electron chi connectivity index (χ0n) is 13.0. The molecule has 4 heteroatoms. The van der Waals surface area contributed by atoms with Gasteiger partial charge in [-0.05, 0) is 53.0 Å². The van der Waals surface area contributed by atoms with Gasteiger partial charge in [-0.3, -0.25) is 0 Å². The minimum atomic E-state index is -0.409. The van der Waals surface area contributed by atoms with Crippen LogP contribution >= 0.6 is 0 Å². The smallest absolute Gasteiger partial charge is 0.410 e. The van der Waals surface area contributed by atoms with Crippen molar-refractivity contribution in [3.63, 3.8) is 0 Å². The van der Waals surface area contributed by atoms with E-state index in [9.17, 15) is 4.79 Å². The Hall–Kier alpha value is -0.770. The molecule has 1 atom stereocenters. The lowest BCUT2D eigenvalue weighted by atomic mass is 10.1. The maximum absolute atomic E-state index is 11.8. The summed E-state index contributed by atoms with van der Waals surface area (Å²) >= 11 is 0. The zero-order valence-corrected chi connectivity index (χ0v) is 13.0. The minimum Gasteiger partial charge on any atom is -0.444 e. The van der Waals surface area contributed by atoms with E-state index in [4.69, 9.17) is 4.74 Å². The number of nitrogens with one attached hydrogen (secondary N) is 1. The Labute approximate surface area is 117 Å². The van der Waals surface area contributed by atoms with E-state index in [1.165, 1.54) is 25.7 Å². The number of hydrogen-bond acceptors (Lipinski definition) is 3. The molecule has 1 unspecified atom stereocenters. The van der Waals surface area contributed by atoms with E-state index in [1.54, 1.807) is 4.90 Å². The standard InChI is InChI=1S/C15H30N2O2/c1-15(2,3)19-14(18)17(4)12-8-10-13-9-6-5-7-11-16-13/h13,16H,5-12H2,1-4H3. The van der Waals surface area contributed by atoms with Gasteiger partial charge in [-0.15, -0.1) is 0 Å². The highest BCUT2D eigenvalue weighted by molar-refractivity contribution is 5.67. The SMILES string of the molecule is CN(CCCC1CCCCCN1)C(=O)OC(C)(C)C. The maximum Gasteiger partial charge on any atom is 0.410 e. The van der Waals surface area contributed by atoms with E-state index in [-0.39, 0.29) is 6.09 Å². The van der Waals surface area contributed by atoms with E-state index in [0.717, 1.165) is 25.9 Å². The third-order valence-electron chi connectivity index (χ3n) is 3.41. The number of hydrogen-bond donors (Lipinski definition) is 1. The van der Waals surface area contributed by atoms with Gasteiger partial charge in [0.25, 0.3) is 0 Å². The van der Waals surface area contributed by atoms with Crippen LogP contribution in [-0.2, 0) is 4.74 Å². The molecule has 112 valence electrons. The summed E-state index contributed by atoms with van der Waals surface area (Å²) in [6, 6.07) is 0.634. The average Bonchev–Trinajstić information content (AvgIpc) is 2.55. The van der Waals surface area contributed by atoms with Gasteiger partial charge >= 0.3 is 6.09 Å². The number of nitrogens with zero attached hydrogens (tertiary/aromatic N) is 1. The fourth-order valence-corrected chi connectivity index (χ4v) is 2.35. The van der Waals surface area contributed by atoms with Crippen LogP contribution in [0.15, 0.2) is 0 Å². The van der Waals surface area contributed by atoms with Crippen LogP contribution in [0.2, 0.25) is 0 Å². The van der Waals surface area contributed by atoms with Gasteiger partial charge in [0.2, 0.25) is 0 Å². The monoisotopic (exact) mass is 270 g/mol. The fraction of sp³-hybridized carbons (Fsp3) is 0.933. The lowest BCUT2D eigenvalue weighted by Crippen LogP contribution is -2.35. The molecule has 1 aliphatic rings. The molecule has 1 N–H and O–H groups in total. The molecule has 1 saturated heterocycles. The first-order chi connectivity index (χ1) is 8.88. The van der Waals surface area contributed by atoms with Crippen molar-refractivity contribution in [1.82, 2.24) is 10.2 Å². The van der Waals surface area contributed by atoms with Gasteiger partial charge in [0, 0.05) is 19.6 Å². The lowest BCUT2D eigenvalue weighted by Gasteiger charge is -2.25. The van der Waals surface area contributed by atoms with Crippen molar-refractivity contribution in [2.45, 2.75) is 70.9 Å². The molecule has 1 aliphatic heterocycles. The van der Waals surface area contributed by atoms with Crippen LogP contribution in [0.25, 0.3) is 0 Å². The van der Waals surface area contributed by atoms with Crippen LogP contribution in [0.3, 0.4) is 0 Å². The molecular weight excluding hydrogens is 240 g/mol. The average molecular weight is 270 g/mol. The van der Waals surface area contributed by atoms with E-state index < -0.39 is 5.60 Å². The molecule has 0 saturated carbocycles. The van der Waals surface area contributed by atoms with Crippen molar-refractivity contribution in [1.29, 1.82) is 0 Å². The number of carbonyl (C=O) groups is 1. The van der Waals surface area contributed by atoms with Crippen molar-refractivity contribution < 1.29 is 9.53 Å². The Morgan fingerprint density at radius 2 is 2.05 bits per heavy atom. The Bertz CT molecular complexity index is 266. The van der Waals surface area contributed by atoms with Crippen molar-refractivity contribution in [2.24, 2.45) is 0 Å². The first-order valence-corrected chi connectivity index (χ1v) is 7.56. The number of ether oxygens (including phenoxy) is 1. The van der Waals surface area contributed by atoms with Crippen molar-refractivity contribution >= 4 is 6.09 Å². The first-order valence-electron chi connectivity index (χ1n) is 7.56. The number of carbonyl (C=O) groups excluding carboxylic acids is 1. The molecule has 1 heterocycles. The van der Waals surface area contributed by atoms with Gasteiger partial charge < -0.3 is 15.0 Å². The second-order valence-electron chi connectivity index (χ2n) is 6.54. The second kappa shape index (κ2) is 7.73. The topological polar surface area (TPSA) is 41.6 Å². The summed E-state index contributed by atoms with van der Waals surface area (Å²) < 4.78 is 5.33. The summed E-state index contributed by atoms with van der Waals surface area (Å²) in [4.78, 5) is 13.5. The van der Waals surface area contributed by atoms with Crippen LogP contribution in [0.5, 0.6) is 0 Å². The fourth-order valence-electron chi connectivity index (χ4n) is 2.35. The first kappa shape index (κ1) is 16.3. The molecule has 0 bridgehead atoms. The number of amides is 1. The predicted molar refractivity (Wildman–Crippen MR) is 78.4 cm³/mol.